The Morgan fingerprint density at radius 3 is 2.35 bits per heavy atom. The van der Waals surface area contributed by atoms with Gasteiger partial charge in [0.05, 0.1) is 0 Å². The summed E-state index contributed by atoms with van der Waals surface area (Å²) in [4.78, 5) is 28.6. The van der Waals surface area contributed by atoms with Crippen LogP contribution >= 0.6 is 0 Å². The summed E-state index contributed by atoms with van der Waals surface area (Å²) in [5.41, 5.74) is 3.07. The van der Waals surface area contributed by atoms with Crippen LogP contribution in [0.2, 0.25) is 0 Å². The number of hydrogen-bond acceptors (Lipinski definition) is 2. The van der Waals surface area contributed by atoms with Gasteiger partial charge in [0, 0.05) is 12.2 Å². The lowest BCUT2D eigenvalue weighted by molar-refractivity contribution is -0.143. The number of amides is 2. The Bertz CT molecular complexity index is 562. The monoisotopic (exact) mass is 272 g/mol. The van der Waals surface area contributed by atoms with E-state index in [1.165, 1.54) is 0 Å². The summed E-state index contributed by atoms with van der Waals surface area (Å²) in [7, 11) is 0. The summed E-state index contributed by atoms with van der Waals surface area (Å²) >= 11 is 0. The van der Waals surface area contributed by atoms with Crippen LogP contribution in [0.4, 0.5) is 5.69 Å². The third-order valence-corrected chi connectivity index (χ3v) is 4.29. The van der Waals surface area contributed by atoms with E-state index in [1.807, 2.05) is 32.9 Å². The van der Waals surface area contributed by atoms with Crippen molar-refractivity contribution in [3.05, 3.63) is 29.3 Å². The van der Waals surface area contributed by atoms with Crippen LogP contribution in [0.1, 0.15) is 30.9 Å². The minimum absolute atomic E-state index is 0.0691. The van der Waals surface area contributed by atoms with E-state index in [0.29, 0.717) is 0 Å². The van der Waals surface area contributed by atoms with Gasteiger partial charge < -0.3 is 4.90 Å². The molecule has 0 aliphatic carbocycles. The minimum Gasteiger partial charge on any atom is -0.329 e. The molecule has 0 N–H and O–H groups in total. The number of hydrogen-bond donors (Lipinski definition) is 0. The van der Waals surface area contributed by atoms with Crippen LogP contribution in [0.3, 0.4) is 0 Å². The van der Waals surface area contributed by atoms with Gasteiger partial charge >= 0.3 is 0 Å². The first-order chi connectivity index (χ1) is 9.49. The molecule has 2 fully saturated rings. The molecule has 2 heterocycles. The topological polar surface area (TPSA) is 40.6 Å². The van der Waals surface area contributed by atoms with Crippen LogP contribution in [0, 0.1) is 13.8 Å². The highest BCUT2D eigenvalue weighted by Gasteiger charge is 2.46. The second-order valence-corrected chi connectivity index (χ2v) is 5.92. The zero-order chi connectivity index (χ0) is 14.4. The molecule has 1 aromatic carbocycles. The molecule has 4 nitrogen and oxygen atoms in total. The molecule has 106 valence electrons. The summed E-state index contributed by atoms with van der Waals surface area (Å²) in [6.07, 6.45) is 1.72. The maximum atomic E-state index is 12.7. The zero-order valence-corrected chi connectivity index (χ0v) is 12.2. The van der Waals surface area contributed by atoms with Gasteiger partial charge in [-0.2, -0.15) is 0 Å². The second-order valence-electron chi connectivity index (χ2n) is 5.92. The average Bonchev–Trinajstić information content (AvgIpc) is 2.85. The maximum absolute atomic E-state index is 12.7. The maximum Gasteiger partial charge on any atom is 0.250 e. The zero-order valence-electron chi connectivity index (χ0n) is 12.2. The lowest BCUT2D eigenvalue weighted by atomic mass is 10.0. The Balaban J connectivity index is 2.03. The number of carbonyl (C=O) groups excluding carboxylic acids is 2. The predicted octanol–water partition coefficient (Wildman–Crippen LogP) is 2.03. The van der Waals surface area contributed by atoms with Gasteiger partial charge in [0.25, 0.3) is 5.91 Å². The Hall–Kier alpha value is -1.84. The van der Waals surface area contributed by atoms with Crippen molar-refractivity contribution in [2.75, 3.05) is 11.4 Å². The van der Waals surface area contributed by atoms with Gasteiger partial charge in [-0.1, -0.05) is 6.07 Å². The molecule has 0 saturated carbocycles. The van der Waals surface area contributed by atoms with Crippen molar-refractivity contribution in [2.24, 2.45) is 0 Å². The first-order valence-corrected chi connectivity index (χ1v) is 7.21. The third-order valence-electron chi connectivity index (χ3n) is 4.29. The number of aryl methyl sites for hydroxylation is 2. The first-order valence-electron chi connectivity index (χ1n) is 7.21. The largest absolute Gasteiger partial charge is 0.329 e. The fourth-order valence-electron chi connectivity index (χ4n) is 3.43. The lowest BCUT2D eigenvalue weighted by Crippen LogP contribution is -2.62. The molecule has 2 amide bonds. The molecule has 2 unspecified atom stereocenters. The van der Waals surface area contributed by atoms with Gasteiger partial charge in [-0.15, -0.1) is 0 Å². The fraction of sp³-hybridized carbons (Fsp3) is 0.500. The number of benzene rings is 1. The van der Waals surface area contributed by atoms with Gasteiger partial charge in [0.15, 0.2) is 0 Å². The summed E-state index contributed by atoms with van der Waals surface area (Å²) in [6, 6.07) is 5.39. The van der Waals surface area contributed by atoms with Crippen LogP contribution in [0.5, 0.6) is 0 Å². The van der Waals surface area contributed by atoms with E-state index >= 15 is 0 Å². The van der Waals surface area contributed by atoms with Gasteiger partial charge in [-0.25, -0.2) is 0 Å². The summed E-state index contributed by atoms with van der Waals surface area (Å²) in [5.74, 6) is 0.144. The molecule has 2 aliphatic rings. The molecule has 1 aromatic rings. The van der Waals surface area contributed by atoms with Gasteiger partial charge in [0.1, 0.15) is 12.1 Å². The highest BCUT2D eigenvalue weighted by molar-refractivity contribution is 6.08. The molecular formula is C16H20N2O2. The standard InChI is InChI=1S/C16H20N2O2/c1-10-7-11(2)9-13(8-10)18-12(3)15(19)17-6-4-5-14(17)16(18)20/h7-9,12,14H,4-6H2,1-3H3. The Kier molecular flexibility index (Phi) is 3.04. The lowest BCUT2D eigenvalue weighted by Gasteiger charge is -2.41. The van der Waals surface area contributed by atoms with Gasteiger partial charge in [-0.05, 0) is 56.9 Å². The number of carbonyl (C=O) groups is 2. The van der Waals surface area contributed by atoms with Gasteiger partial charge in [-0.3, -0.25) is 14.5 Å². The normalized spacial score (nSPS) is 26.1. The Morgan fingerprint density at radius 2 is 1.70 bits per heavy atom. The van der Waals surface area contributed by atoms with Crippen molar-refractivity contribution in [3.8, 4) is 0 Å². The fourth-order valence-corrected chi connectivity index (χ4v) is 3.43. The number of fused-ring (bicyclic) bond motifs is 1. The number of anilines is 1. The van der Waals surface area contributed by atoms with Crippen molar-refractivity contribution in [3.63, 3.8) is 0 Å². The summed E-state index contributed by atoms with van der Waals surface area (Å²) < 4.78 is 0. The van der Waals surface area contributed by atoms with Crippen LogP contribution in [-0.4, -0.2) is 35.3 Å². The van der Waals surface area contributed by atoms with E-state index in [4.69, 9.17) is 0 Å². The van der Waals surface area contributed by atoms with Crippen LogP contribution in [-0.2, 0) is 9.59 Å². The molecule has 0 spiro atoms. The van der Waals surface area contributed by atoms with E-state index < -0.39 is 6.04 Å². The van der Waals surface area contributed by atoms with E-state index in [-0.39, 0.29) is 17.9 Å². The minimum atomic E-state index is -0.405. The van der Waals surface area contributed by atoms with Crippen LogP contribution in [0.25, 0.3) is 0 Å². The molecule has 4 heteroatoms. The number of nitrogens with zero attached hydrogens (tertiary/aromatic N) is 2. The van der Waals surface area contributed by atoms with E-state index in [9.17, 15) is 9.59 Å². The predicted molar refractivity (Wildman–Crippen MR) is 77.6 cm³/mol. The van der Waals surface area contributed by atoms with Crippen LogP contribution < -0.4 is 4.90 Å². The molecule has 2 aliphatic heterocycles. The molecule has 3 rings (SSSR count). The Labute approximate surface area is 119 Å². The van der Waals surface area contributed by atoms with Gasteiger partial charge in [0.2, 0.25) is 5.91 Å². The first kappa shape index (κ1) is 13.2. The molecule has 0 radical (unpaired) electrons. The molecule has 0 bridgehead atoms. The highest BCUT2D eigenvalue weighted by atomic mass is 16.2. The quantitative estimate of drug-likeness (QED) is 0.785. The van der Waals surface area contributed by atoms with E-state index in [1.54, 1.807) is 9.80 Å². The van der Waals surface area contributed by atoms with Crippen molar-refractivity contribution in [2.45, 2.75) is 45.7 Å². The van der Waals surface area contributed by atoms with Crippen molar-refractivity contribution in [1.82, 2.24) is 4.90 Å². The van der Waals surface area contributed by atoms with E-state index in [2.05, 4.69) is 6.07 Å². The van der Waals surface area contributed by atoms with Crippen molar-refractivity contribution in [1.29, 1.82) is 0 Å². The van der Waals surface area contributed by atoms with Crippen molar-refractivity contribution >= 4 is 17.5 Å². The number of rotatable bonds is 1. The highest BCUT2D eigenvalue weighted by Crippen LogP contribution is 2.31. The third kappa shape index (κ3) is 1.90. The molecule has 2 saturated heterocycles. The molecule has 20 heavy (non-hydrogen) atoms. The summed E-state index contributed by atoms with van der Waals surface area (Å²) in [6.45, 7) is 6.57. The summed E-state index contributed by atoms with van der Waals surface area (Å²) in [5, 5.41) is 0. The van der Waals surface area contributed by atoms with E-state index in [0.717, 1.165) is 36.2 Å². The Morgan fingerprint density at radius 1 is 1.05 bits per heavy atom. The number of piperazine rings is 1. The smallest absolute Gasteiger partial charge is 0.250 e. The average molecular weight is 272 g/mol. The second kappa shape index (κ2) is 4.62. The molecule has 2 atom stereocenters. The molecular weight excluding hydrogens is 252 g/mol. The van der Waals surface area contributed by atoms with Crippen LogP contribution in [0.15, 0.2) is 18.2 Å². The molecule has 0 aromatic heterocycles. The van der Waals surface area contributed by atoms with Crippen molar-refractivity contribution < 1.29 is 9.59 Å². The SMILES string of the molecule is Cc1cc(C)cc(N2C(=O)C3CCCN3C(=O)C2C)c1.